The summed E-state index contributed by atoms with van der Waals surface area (Å²) in [5.74, 6) is 0. The number of halogens is 1. The molecule has 4 heteroatoms. The van der Waals surface area contributed by atoms with Gasteiger partial charge in [-0.05, 0) is 35.0 Å². The van der Waals surface area contributed by atoms with Crippen molar-refractivity contribution < 1.29 is 9.53 Å². The van der Waals surface area contributed by atoms with E-state index in [1.165, 1.54) is 0 Å². The van der Waals surface area contributed by atoms with E-state index < -0.39 is 0 Å². The number of hydrogen-bond acceptors (Lipinski definition) is 2. The molecular weight excluding hydrogens is 258 g/mol. The summed E-state index contributed by atoms with van der Waals surface area (Å²) in [7, 11) is 0. The molecule has 1 aliphatic rings. The van der Waals surface area contributed by atoms with Gasteiger partial charge in [-0.15, -0.1) is 0 Å². The maximum absolute atomic E-state index is 11.6. The molecule has 1 atom stereocenters. The van der Waals surface area contributed by atoms with Crippen LogP contribution in [0.4, 0.5) is 10.5 Å². The third-order valence-electron chi connectivity index (χ3n) is 2.42. The van der Waals surface area contributed by atoms with E-state index in [0.717, 1.165) is 16.6 Å². The van der Waals surface area contributed by atoms with E-state index in [1.807, 2.05) is 31.2 Å². The lowest BCUT2D eigenvalue weighted by Gasteiger charge is -2.30. The van der Waals surface area contributed by atoms with Gasteiger partial charge in [0, 0.05) is 17.4 Å². The van der Waals surface area contributed by atoms with Crippen LogP contribution in [-0.2, 0) is 4.74 Å². The number of cyclic esters (lactones) is 1. The maximum Gasteiger partial charge on any atom is 0.414 e. The van der Waals surface area contributed by atoms with E-state index in [-0.39, 0.29) is 12.2 Å². The van der Waals surface area contributed by atoms with Crippen LogP contribution in [0.2, 0.25) is 0 Å². The lowest BCUT2D eigenvalue weighted by molar-refractivity contribution is 0.0943. The maximum atomic E-state index is 11.6. The molecule has 0 N–H and O–H groups in total. The summed E-state index contributed by atoms with van der Waals surface area (Å²) in [5.41, 5.74) is 0.870. The van der Waals surface area contributed by atoms with Crippen molar-refractivity contribution >= 4 is 27.7 Å². The van der Waals surface area contributed by atoms with Gasteiger partial charge in [-0.3, -0.25) is 4.90 Å². The summed E-state index contributed by atoms with van der Waals surface area (Å²) in [5, 5.41) is 0. The largest absolute Gasteiger partial charge is 0.446 e. The summed E-state index contributed by atoms with van der Waals surface area (Å²) >= 11 is 3.42. The minimum absolute atomic E-state index is 0.0243. The minimum atomic E-state index is -0.263. The first kappa shape index (κ1) is 10.5. The van der Waals surface area contributed by atoms with Crippen molar-refractivity contribution in [2.45, 2.75) is 19.4 Å². The lowest BCUT2D eigenvalue weighted by atomic mass is 10.2. The van der Waals surface area contributed by atoms with Crippen LogP contribution in [0.15, 0.2) is 28.7 Å². The Bertz CT molecular complexity index is 381. The number of carbonyl (C=O) groups excluding carboxylic acids is 1. The number of rotatable bonds is 1. The fourth-order valence-corrected chi connectivity index (χ4v) is 2.09. The molecule has 1 fully saturated rings. The molecule has 1 saturated heterocycles. The van der Waals surface area contributed by atoms with Gasteiger partial charge in [0.05, 0.1) is 5.69 Å². The smallest absolute Gasteiger partial charge is 0.414 e. The molecule has 0 spiro atoms. The SMILES string of the molecule is CC1CCN(c2ccccc2Br)C(=O)O1. The number of ether oxygens (including phenoxy) is 1. The fraction of sp³-hybridized carbons (Fsp3) is 0.364. The standard InChI is InChI=1S/C11H12BrNO2/c1-8-6-7-13(11(14)15-8)10-5-3-2-4-9(10)12/h2-5,8H,6-7H2,1H3. The van der Waals surface area contributed by atoms with Crippen LogP contribution in [-0.4, -0.2) is 18.7 Å². The molecule has 1 aliphatic heterocycles. The van der Waals surface area contributed by atoms with E-state index >= 15 is 0 Å². The number of benzene rings is 1. The zero-order chi connectivity index (χ0) is 10.8. The van der Waals surface area contributed by atoms with Crippen molar-refractivity contribution in [3.05, 3.63) is 28.7 Å². The summed E-state index contributed by atoms with van der Waals surface area (Å²) in [6, 6.07) is 7.65. The molecule has 0 saturated carbocycles. The molecule has 3 nitrogen and oxygen atoms in total. The number of hydrogen-bond donors (Lipinski definition) is 0. The predicted molar refractivity (Wildman–Crippen MR) is 62.0 cm³/mol. The van der Waals surface area contributed by atoms with Crippen LogP contribution in [0.1, 0.15) is 13.3 Å². The zero-order valence-corrected chi connectivity index (χ0v) is 10.0. The second-order valence-corrected chi connectivity index (χ2v) is 4.44. The minimum Gasteiger partial charge on any atom is -0.446 e. The highest BCUT2D eigenvalue weighted by Crippen LogP contribution is 2.28. The van der Waals surface area contributed by atoms with Crippen LogP contribution in [0.25, 0.3) is 0 Å². The van der Waals surface area contributed by atoms with Gasteiger partial charge in [0.2, 0.25) is 0 Å². The first-order valence-corrected chi connectivity index (χ1v) is 5.70. The quantitative estimate of drug-likeness (QED) is 0.784. The highest BCUT2D eigenvalue weighted by atomic mass is 79.9. The Morgan fingerprint density at radius 1 is 1.47 bits per heavy atom. The van der Waals surface area contributed by atoms with E-state index in [9.17, 15) is 4.79 Å². The Hall–Kier alpha value is -1.03. The third-order valence-corrected chi connectivity index (χ3v) is 3.10. The first-order valence-electron chi connectivity index (χ1n) is 4.91. The van der Waals surface area contributed by atoms with Crippen molar-refractivity contribution in [2.75, 3.05) is 11.4 Å². The van der Waals surface area contributed by atoms with Gasteiger partial charge < -0.3 is 4.74 Å². The van der Waals surface area contributed by atoms with Crippen molar-refractivity contribution in [3.63, 3.8) is 0 Å². The molecule has 0 radical (unpaired) electrons. The summed E-state index contributed by atoms with van der Waals surface area (Å²) in [6.07, 6.45) is 0.629. The van der Waals surface area contributed by atoms with Crippen molar-refractivity contribution in [1.82, 2.24) is 0 Å². The number of para-hydroxylation sites is 1. The molecule has 15 heavy (non-hydrogen) atoms. The van der Waals surface area contributed by atoms with Gasteiger partial charge in [-0.1, -0.05) is 12.1 Å². The second kappa shape index (κ2) is 4.23. The molecule has 0 aliphatic carbocycles. The molecule has 0 bridgehead atoms. The van der Waals surface area contributed by atoms with Gasteiger partial charge in [0.15, 0.2) is 0 Å². The monoisotopic (exact) mass is 269 g/mol. The van der Waals surface area contributed by atoms with Crippen molar-refractivity contribution in [2.24, 2.45) is 0 Å². The predicted octanol–water partition coefficient (Wildman–Crippen LogP) is 3.18. The Kier molecular flexibility index (Phi) is 2.95. The van der Waals surface area contributed by atoms with Crippen LogP contribution in [0.3, 0.4) is 0 Å². The van der Waals surface area contributed by atoms with Crippen LogP contribution >= 0.6 is 15.9 Å². The molecule has 1 aromatic rings. The number of carbonyl (C=O) groups is 1. The topological polar surface area (TPSA) is 29.5 Å². The Labute approximate surface area is 97.2 Å². The Balaban J connectivity index is 2.24. The highest BCUT2D eigenvalue weighted by molar-refractivity contribution is 9.10. The van der Waals surface area contributed by atoms with E-state index in [1.54, 1.807) is 4.90 Å². The second-order valence-electron chi connectivity index (χ2n) is 3.59. The molecule has 80 valence electrons. The normalized spacial score (nSPS) is 21.3. The Morgan fingerprint density at radius 3 is 2.87 bits per heavy atom. The van der Waals surface area contributed by atoms with E-state index in [2.05, 4.69) is 15.9 Å². The molecule has 0 aromatic heterocycles. The summed E-state index contributed by atoms with van der Waals surface area (Å²) in [4.78, 5) is 13.3. The fourth-order valence-electron chi connectivity index (χ4n) is 1.59. The van der Waals surface area contributed by atoms with E-state index in [0.29, 0.717) is 6.54 Å². The average Bonchev–Trinajstić information content (AvgIpc) is 2.20. The third kappa shape index (κ3) is 2.15. The summed E-state index contributed by atoms with van der Waals surface area (Å²) < 4.78 is 6.09. The number of anilines is 1. The van der Waals surface area contributed by atoms with Gasteiger partial charge in [-0.2, -0.15) is 0 Å². The van der Waals surface area contributed by atoms with Crippen LogP contribution < -0.4 is 4.90 Å². The van der Waals surface area contributed by atoms with Gasteiger partial charge in [0.25, 0.3) is 0 Å². The van der Waals surface area contributed by atoms with Gasteiger partial charge in [0.1, 0.15) is 6.10 Å². The highest BCUT2D eigenvalue weighted by Gasteiger charge is 2.26. The Morgan fingerprint density at radius 2 is 2.20 bits per heavy atom. The average molecular weight is 270 g/mol. The molecule has 1 unspecified atom stereocenters. The molecule has 1 amide bonds. The number of nitrogens with zero attached hydrogens (tertiary/aromatic N) is 1. The van der Waals surface area contributed by atoms with Crippen LogP contribution in [0.5, 0.6) is 0 Å². The summed E-state index contributed by atoms with van der Waals surface area (Å²) in [6.45, 7) is 2.62. The molecule has 1 heterocycles. The zero-order valence-electron chi connectivity index (χ0n) is 8.44. The van der Waals surface area contributed by atoms with Gasteiger partial charge >= 0.3 is 6.09 Å². The van der Waals surface area contributed by atoms with Crippen molar-refractivity contribution in [1.29, 1.82) is 0 Å². The van der Waals surface area contributed by atoms with Crippen molar-refractivity contribution in [3.8, 4) is 0 Å². The van der Waals surface area contributed by atoms with Crippen LogP contribution in [0, 0.1) is 0 Å². The number of amides is 1. The van der Waals surface area contributed by atoms with Gasteiger partial charge in [-0.25, -0.2) is 4.79 Å². The molecule has 2 rings (SSSR count). The van der Waals surface area contributed by atoms with E-state index in [4.69, 9.17) is 4.74 Å². The molecule has 1 aromatic carbocycles. The molecular formula is C11H12BrNO2. The first-order chi connectivity index (χ1) is 7.18. The lowest BCUT2D eigenvalue weighted by Crippen LogP contribution is -2.41.